The normalized spacial score (nSPS) is 23.1. The molecule has 1 atom stereocenters. The van der Waals surface area contributed by atoms with Crippen molar-refractivity contribution in [2.45, 2.75) is 49.5 Å². The summed E-state index contributed by atoms with van der Waals surface area (Å²) in [5.41, 5.74) is 0.775. The summed E-state index contributed by atoms with van der Waals surface area (Å²) >= 11 is 0. The van der Waals surface area contributed by atoms with E-state index in [0.717, 1.165) is 61.8 Å². The van der Waals surface area contributed by atoms with E-state index in [9.17, 15) is 13.2 Å². The minimum atomic E-state index is -3.43. The van der Waals surface area contributed by atoms with Crippen molar-refractivity contribution in [3.8, 4) is 0 Å². The summed E-state index contributed by atoms with van der Waals surface area (Å²) in [6, 6.07) is 9.45. The lowest BCUT2D eigenvalue weighted by atomic mass is 9.97. The van der Waals surface area contributed by atoms with Crippen molar-refractivity contribution >= 4 is 32.7 Å². The third kappa shape index (κ3) is 3.90. The molecule has 1 N–H and O–H groups in total. The lowest BCUT2D eigenvalue weighted by Crippen LogP contribution is -2.43. The molecule has 3 fully saturated rings. The number of hydrogen-bond donors (Lipinski definition) is 1. The molecule has 3 heterocycles. The second-order valence-corrected chi connectivity index (χ2v) is 10.6. The molecule has 1 unspecified atom stereocenters. The molecule has 0 spiro atoms. The van der Waals surface area contributed by atoms with Crippen molar-refractivity contribution < 1.29 is 13.2 Å². The summed E-state index contributed by atoms with van der Waals surface area (Å²) < 4.78 is 27.2. The average Bonchev–Trinajstić information content (AvgIpc) is 3.39. The number of aromatic nitrogens is 1. The van der Waals surface area contributed by atoms with Crippen LogP contribution in [0.2, 0.25) is 0 Å². The highest BCUT2D eigenvalue weighted by Gasteiger charge is 2.31. The van der Waals surface area contributed by atoms with Gasteiger partial charge in [0.05, 0.1) is 16.3 Å². The predicted octanol–water partition coefficient (Wildman–Crippen LogP) is 2.51. The van der Waals surface area contributed by atoms with Crippen molar-refractivity contribution in [1.82, 2.24) is 14.6 Å². The van der Waals surface area contributed by atoms with E-state index in [-0.39, 0.29) is 11.8 Å². The Labute approximate surface area is 177 Å². The van der Waals surface area contributed by atoms with Gasteiger partial charge in [-0.25, -0.2) is 13.4 Å². The van der Waals surface area contributed by atoms with Crippen LogP contribution in [-0.2, 0) is 14.8 Å². The molecule has 0 radical (unpaired) electrons. The molecule has 2 saturated heterocycles. The molecule has 1 saturated carbocycles. The van der Waals surface area contributed by atoms with Crippen LogP contribution in [-0.4, -0.2) is 55.8 Å². The first-order valence-corrected chi connectivity index (χ1v) is 12.4. The zero-order chi connectivity index (χ0) is 20.7. The number of nitrogens with zero attached hydrogens (tertiary/aromatic N) is 3. The van der Waals surface area contributed by atoms with Gasteiger partial charge >= 0.3 is 0 Å². The number of sulfonamides is 1. The van der Waals surface area contributed by atoms with Crippen molar-refractivity contribution in [3.63, 3.8) is 0 Å². The standard InChI is InChI=1S/C22H28N4O3S/c27-22(23-18-6-7-18)17-4-3-11-25(15-17)21-10-5-16-14-19(8-9-20(16)24-21)30(28,29)26-12-1-2-13-26/h5,8-10,14,17-18H,1-4,6-7,11-13,15H2,(H,23,27). The number of nitrogens with one attached hydrogen (secondary N) is 1. The maximum atomic E-state index is 12.8. The highest BCUT2D eigenvalue weighted by atomic mass is 32.2. The third-order valence-electron chi connectivity index (χ3n) is 6.39. The Morgan fingerprint density at radius 2 is 1.80 bits per heavy atom. The van der Waals surface area contributed by atoms with Gasteiger partial charge in [0.25, 0.3) is 0 Å². The molecule has 8 heteroatoms. The monoisotopic (exact) mass is 428 g/mol. The van der Waals surface area contributed by atoms with E-state index in [1.807, 2.05) is 12.1 Å². The van der Waals surface area contributed by atoms with Crippen LogP contribution in [0.15, 0.2) is 35.2 Å². The van der Waals surface area contributed by atoms with Gasteiger partial charge in [0.15, 0.2) is 0 Å². The minimum absolute atomic E-state index is 0.00447. The number of anilines is 1. The third-order valence-corrected chi connectivity index (χ3v) is 8.28. The second-order valence-electron chi connectivity index (χ2n) is 8.70. The number of rotatable bonds is 5. The first kappa shape index (κ1) is 19.8. The molecule has 1 aromatic carbocycles. The molecule has 1 aliphatic carbocycles. The highest BCUT2D eigenvalue weighted by Crippen LogP contribution is 2.28. The minimum Gasteiger partial charge on any atom is -0.356 e. The summed E-state index contributed by atoms with van der Waals surface area (Å²) in [7, 11) is -3.43. The van der Waals surface area contributed by atoms with Gasteiger partial charge in [-0.3, -0.25) is 4.79 Å². The molecule has 1 aromatic heterocycles. The lowest BCUT2D eigenvalue weighted by molar-refractivity contribution is -0.125. The fourth-order valence-corrected chi connectivity index (χ4v) is 6.01. The molecule has 160 valence electrons. The Morgan fingerprint density at radius 3 is 2.57 bits per heavy atom. The van der Waals surface area contributed by atoms with Crippen molar-refractivity contribution in [3.05, 3.63) is 30.3 Å². The number of fused-ring (bicyclic) bond motifs is 1. The zero-order valence-corrected chi connectivity index (χ0v) is 17.9. The van der Waals surface area contributed by atoms with E-state index in [1.165, 1.54) is 0 Å². The largest absolute Gasteiger partial charge is 0.356 e. The van der Waals surface area contributed by atoms with E-state index in [0.29, 0.717) is 30.6 Å². The summed E-state index contributed by atoms with van der Waals surface area (Å²) in [5, 5.41) is 3.94. The number of amides is 1. The molecule has 5 rings (SSSR count). The number of carbonyl (C=O) groups is 1. The highest BCUT2D eigenvalue weighted by molar-refractivity contribution is 7.89. The zero-order valence-electron chi connectivity index (χ0n) is 17.1. The van der Waals surface area contributed by atoms with Crippen molar-refractivity contribution in [2.75, 3.05) is 31.1 Å². The first-order chi connectivity index (χ1) is 14.5. The van der Waals surface area contributed by atoms with Gasteiger partial charge in [-0.05, 0) is 68.9 Å². The Bertz CT molecular complexity index is 1060. The molecular weight excluding hydrogens is 400 g/mol. The molecule has 2 aromatic rings. The molecular formula is C22H28N4O3S. The first-order valence-electron chi connectivity index (χ1n) is 11.0. The smallest absolute Gasteiger partial charge is 0.243 e. The Balaban J connectivity index is 1.35. The fraction of sp³-hybridized carbons (Fsp3) is 0.545. The van der Waals surface area contributed by atoms with E-state index in [4.69, 9.17) is 4.98 Å². The summed E-state index contributed by atoms with van der Waals surface area (Å²) in [6.45, 7) is 2.76. The lowest BCUT2D eigenvalue weighted by Gasteiger charge is -2.33. The van der Waals surface area contributed by atoms with Gasteiger partial charge in [-0.15, -0.1) is 0 Å². The van der Waals surface area contributed by atoms with Crippen LogP contribution < -0.4 is 10.2 Å². The number of hydrogen-bond acceptors (Lipinski definition) is 5. The average molecular weight is 429 g/mol. The van der Waals surface area contributed by atoms with Crippen LogP contribution in [0.5, 0.6) is 0 Å². The second kappa shape index (κ2) is 7.81. The van der Waals surface area contributed by atoms with E-state index in [2.05, 4.69) is 10.2 Å². The molecule has 0 bridgehead atoms. The Hall–Kier alpha value is -2.19. The van der Waals surface area contributed by atoms with Crippen LogP contribution in [0.25, 0.3) is 10.9 Å². The van der Waals surface area contributed by atoms with Crippen molar-refractivity contribution in [2.24, 2.45) is 5.92 Å². The predicted molar refractivity (Wildman–Crippen MR) is 116 cm³/mol. The summed E-state index contributed by atoms with van der Waals surface area (Å²) in [4.78, 5) is 19.7. The van der Waals surface area contributed by atoms with Crippen molar-refractivity contribution in [1.29, 1.82) is 0 Å². The van der Waals surface area contributed by atoms with E-state index < -0.39 is 10.0 Å². The molecule has 2 aliphatic heterocycles. The number of pyridine rings is 1. The molecule has 30 heavy (non-hydrogen) atoms. The van der Waals surface area contributed by atoms with E-state index in [1.54, 1.807) is 22.5 Å². The van der Waals surface area contributed by atoms with Gasteiger partial charge in [0, 0.05) is 37.6 Å². The summed E-state index contributed by atoms with van der Waals surface area (Å²) in [5.74, 6) is 1.02. The summed E-state index contributed by atoms with van der Waals surface area (Å²) in [6.07, 6.45) is 5.93. The quantitative estimate of drug-likeness (QED) is 0.791. The Morgan fingerprint density at radius 1 is 1.00 bits per heavy atom. The maximum absolute atomic E-state index is 12.8. The van der Waals surface area contributed by atoms with Gasteiger partial charge in [0.1, 0.15) is 5.82 Å². The maximum Gasteiger partial charge on any atom is 0.243 e. The van der Waals surface area contributed by atoms with Gasteiger partial charge in [0.2, 0.25) is 15.9 Å². The van der Waals surface area contributed by atoms with Crippen LogP contribution in [0.1, 0.15) is 38.5 Å². The van der Waals surface area contributed by atoms with Crippen LogP contribution in [0.3, 0.4) is 0 Å². The van der Waals surface area contributed by atoms with Crippen LogP contribution >= 0.6 is 0 Å². The van der Waals surface area contributed by atoms with Crippen LogP contribution in [0.4, 0.5) is 5.82 Å². The van der Waals surface area contributed by atoms with E-state index >= 15 is 0 Å². The van der Waals surface area contributed by atoms with Gasteiger partial charge in [-0.1, -0.05) is 0 Å². The number of piperidine rings is 1. The number of carbonyl (C=O) groups excluding carboxylic acids is 1. The topological polar surface area (TPSA) is 82.6 Å². The molecule has 1 amide bonds. The van der Waals surface area contributed by atoms with Gasteiger partial charge < -0.3 is 10.2 Å². The fourth-order valence-electron chi connectivity index (χ4n) is 4.45. The number of benzene rings is 1. The Kier molecular flexibility index (Phi) is 5.14. The van der Waals surface area contributed by atoms with Crippen LogP contribution in [0, 0.1) is 5.92 Å². The molecule has 3 aliphatic rings. The molecule has 7 nitrogen and oxygen atoms in total. The SMILES string of the molecule is O=C(NC1CC1)C1CCCN(c2ccc3cc(S(=O)(=O)N4CCCC4)ccc3n2)C1. The van der Waals surface area contributed by atoms with Gasteiger partial charge in [-0.2, -0.15) is 4.31 Å².